The topological polar surface area (TPSA) is 49.3 Å². The molecule has 1 aromatic rings. The lowest BCUT2D eigenvalue weighted by atomic mass is 9.93. The number of rotatable bonds is 2. The highest BCUT2D eigenvalue weighted by Crippen LogP contribution is 2.26. The predicted molar refractivity (Wildman–Crippen MR) is 48.7 cm³/mol. The molecule has 1 aromatic carbocycles. The van der Waals surface area contributed by atoms with E-state index in [9.17, 15) is 9.18 Å². The highest BCUT2D eigenvalue weighted by molar-refractivity contribution is 5.89. The van der Waals surface area contributed by atoms with Gasteiger partial charge in [-0.25, -0.2) is 9.18 Å². The van der Waals surface area contributed by atoms with Crippen LogP contribution in [0.3, 0.4) is 0 Å². The summed E-state index contributed by atoms with van der Waals surface area (Å²) in [6.45, 7) is 0.861. The van der Waals surface area contributed by atoms with Crippen LogP contribution in [0.2, 0.25) is 0 Å². The van der Waals surface area contributed by atoms with E-state index in [-0.39, 0.29) is 11.6 Å². The number of halogens is 1. The molecule has 0 spiro atoms. The number of hydrogen-bond acceptors (Lipinski definition) is 2. The summed E-state index contributed by atoms with van der Waals surface area (Å²) in [5.41, 5.74) is 0.729. The second kappa shape index (κ2) is 3.38. The maximum absolute atomic E-state index is 12.9. The highest BCUT2D eigenvalue weighted by atomic mass is 19.1. The first-order valence-corrected chi connectivity index (χ1v) is 4.44. The van der Waals surface area contributed by atoms with E-state index in [2.05, 4.69) is 5.32 Å². The summed E-state index contributed by atoms with van der Waals surface area (Å²) in [7, 11) is 0. The Kier molecular flexibility index (Phi) is 2.21. The van der Waals surface area contributed by atoms with E-state index in [1.807, 2.05) is 0 Å². The third-order valence-electron chi connectivity index (χ3n) is 2.44. The van der Waals surface area contributed by atoms with Crippen molar-refractivity contribution in [3.05, 3.63) is 35.1 Å². The number of benzene rings is 1. The molecule has 1 fully saturated rings. The van der Waals surface area contributed by atoms with E-state index in [1.165, 1.54) is 18.2 Å². The van der Waals surface area contributed by atoms with Crippen LogP contribution in [0.1, 0.15) is 28.4 Å². The Labute approximate surface area is 80.6 Å². The van der Waals surface area contributed by atoms with Crippen molar-refractivity contribution in [1.82, 2.24) is 5.32 Å². The summed E-state index contributed by atoms with van der Waals surface area (Å²) in [6.07, 6.45) is 0.865. The van der Waals surface area contributed by atoms with Crippen molar-refractivity contribution in [2.75, 3.05) is 6.54 Å². The number of carboxylic acids is 1. The third kappa shape index (κ3) is 1.48. The molecule has 0 aliphatic carbocycles. The fourth-order valence-corrected chi connectivity index (χ4v) is 1.57. The van der Waals surface area contributed by atoms with Crippen LogP contribution in [0, 0.1) is 5.82 Å². The molecule has 1 aliphatic rings. The van der Waals surface area contributed by atoms with Crippen LogP contribution in [0.4, 0.5) is 4.39 Å². The first-order chi connectivity index (χ1) is 6.68. The minimum Gasteiger partial charge on any atom is -0.478 e. The molecule has 0 radical (unpaired) electrons. The maximum atomic E-state index is 12.9. The Morgan fingerprint density at radius 2 is 2.29 bits per heavy atom. The van der Waals surface area contributed by atoms with Crippen LogP contribution in [0.5, 0.6) is 0 Å². The minimum atomic E-state index is -1.01. The summed E-state index contributed by atoms with van der Waals surface area (Å²) >= 11 is 0. The van der Waals surface area contributed by atoms with Crippen LogP contribution in [0.25, 0.3) is 0 Å². The number of carboxylic acid groups (broad SMARTS) is 1. The lowest BCUT2D eigenvalue weighted by molar-refractivity contribution is 0.0694. The predicted octanol–water partition coefficient (Wildman–Crippen LogP) is 1.56. The number of nitrogens with one attached hydrogen (secondary N) is 1. The minimum absolute atomic E-state index is 0.00296. The van der Waals surface area contributed by atoms with Gasteiger partial charge >= 0.3 is 5.97 Å². The number of aromatic carboxylic acids is 1. The van der Waals surface area contributed by atoms with E-state index < -0.39 is 11.8 Å². The molecule has 1 atom stereocenters. The fraction of sp³-hybridized carbons (Fsp3) is 0.300. The van der Waals surface area contributed by atoms with E-state index in [0.717, 1.165) is 13.0 Å². The highest BCUT2D eigenvalue weighted by Gasteiger charge is 2.24. The van der Waals surface area contributed by atoms with Gasteiger partial charge in [-0.15, -0.1) is 0 Å². The van der Waals surface area contributed by atoms with Gasteiger partial charge < -0.3 is 10.4 Å². The summed E-state index contributed by atoms with van der Waals surface area (Å²) in [6, 6.07) is 3.77. The molecule has 3 nitrogen and oxygen atoms in total. The van der Waals surface area contributed by atoms with Crippen molar-refractivity contribution in [3.8, 4) is 0 Å². The molecule has 0 aromatic heterocycles. The van der Waals surface area contributed by atoms with Gasteiger partial charge in [-0.2, -0.15) is 0 Å². The standard InChI is InChI=1S/C10H10FNO2/c11-6-1-2-7(10(13)14)8(5-6)9-3-4-12-9/h1-2,5,9,12H,3-4H2,(H,13,14)/t9-/m1/s1. The van der Waals surface area contributed by atoms with Crippen LogP contribution in [-0.4, -0.2) is 17.6 Å². The van der Waals surface area contributed by atoms with E-state index in [0.29, 0.717) is 5.56 Å². The van der Waals surface area contributed by atoms with E-state index >= 15 is 0 Å². The Bertz CT molecular complexity index is 374. The van der Waals surface area contributed by atoms with Gasteiger partial charge in [0.25, 0.3) is 0 Å². The summed E-state index contributed by atoms with van der Waals surface area (Å²) in [4.78, 5) is 10.8. The van der Waals surface area contributed by atoms with Gasteiger partial charge in [-0.1, -0.05) is 0 Å². The van der Waals surface area contributed by atoms with Crippen LogP contribution >= 0.6 is 0 Å². The van der Waals surface area contributed by atoms with Gasteiger partial charge in [0, 0.05) is 6.04 Å². The Morgan fingerprint density at radius 3 is 2.79 bits per heavy atom. The Hall–Kier alpha value is -1.42. The van der Waals surface area contributed by atoms with Gasteiger partial charge in [0.2, 0.25) is 0 Å². The zero-order valence-corrected chi connectivity index (χ0v) is 7.46. The lowest BCUT2D eigenvalue weighted by Crippen LogP contribution is -2.36. The summed E-state index contributed by atoms with van der Waals surface area (Å²) in [5.74, 6) is -1.40. The average Bonchev–Trinajstić information content (AvgIpc) is 2.00. The van der Waals surface area contributed by atoms with E-state index in [4.69, 9.17) is 5.11 Å². The normalized spacial score (nSPS) is 20.2. The molecule has 1 aliphatic heterocycles. The molecular formula is C10H10FNO2. The molecule has 0 bridgehead atoms. The van der Waals surface area contributed by atoms with Crippen molar-refractivity contribution in [1.29, 1.82) is 0 Å². The SMILES string of the molecule is O=C(O)c1ccc(F)cc1[C@H]1CCN1. The molecule has 0 amide bonds. The van der Waals surface area contributed by atoms with Crippen molar-refractivity contribution < 1.29 is 14.3 Å². The zero-order valence-electron chi connectivity index (χ0n) is 7.46. The maximum Gasteiger partial charge on any atom is 0.336 e. The largest absolute Gasteiger partial charge is 0.478 e. The second-order valence-corrected chi connectivity index (χ2v) is 3.33. The van der Waals surface area contributed by atoms with Gasteiger partial charge in [0.15, 0.2) is 0 Å². The summed E-state index contributed by atoms with van der Waals surface area (Å²) < 4.78 is 12.9. The van der Waals surface area contributed by atoms with Gasteiger partial charge in [0.1, 0.15) is 5.82 Å². The van der Waals surface area contributed by atoms with Crippen LogP contribution < -0.4 is 5.32 Å². The molecule has 2 rings (SSSR count). The molecule has 1 heterocycles. The fourth-order valence-electron chi connectivity index (χ4n) is 1.57. The Balaban J connectivity index is 2.42. The first kappa shape index (κ1) is 9.15. The quantitative estimate of drug-likeness (QED) is 0.752. The summed E-state index contributed by atoms with van der Waals surface area (Å²) in [5, 5.41) is 11.9. The van der Waals surface area contributed by atoms with E-state index in [1.54, 1.807) is 0 Å². The molecule has 4 heteroatoms. The smallest absolute Gasteiger partial charge is 0.336 e. The zero-order chi connectivity index (χ0) is 10.1. The van der Waals surface area contributed by atoms with Crippen molar-refractivity contribution in [3.63, 3.8) is 0 Å². The molecule has 14 heavy (non-hydrogen) atoms. The van der Waals surface area contributed by atoms with Gasteiger partial charge in [0.05, 0.1) is 5.56 Å². The van der Waals surface area contributed by atoms with Gasteiger partial charge in [-0.3, -0.25) is 0 Å². The molecule has 2 N–H and O–H groups in total. The lowest BCUT2D eigenvalue weighted by Gasteiger charge is -2.29. The van der Waals surface area contributed by atoms with Crippen LogP contribution in [0.15, 0.2) is 18.2 Å². The molecule has 74 valence electrons. The monoisotopic (exact) mass is 195 g/mol. The molecule has 0 unspecified atom stereocenters. The molecule has 1 saturated heterocycles. The third-order valence-corrected chi connectivity index (χ3v) is 2.44. The number of carbonyl (C=O) groups is 1. The van der Waals surface area contributed by atoms with Crippen LogP contribution in [-0.2, 0) is 0 Å². The number of hydrogen-bond donors (Lipinski definition) is 2. The molecule has 0 saturated carbocycles. The Morgan fingerprint density at radius 1 is 1.57 bits per heavy atom. The van der Waals surface area contributed by atoms with Crippen molar-refractivity contribution in [2.24, 2.45) is 0 Å². The average molecular weight is 195 g/mol. The first-order valence-electron chi connectivity index (χ1n) is 4.44. The van der Waals surface area contributed by atoms with Crippen molar-refractivity contribution >= 4 is 5.97 Å². The van der Waals surface area contributed by atoms with Gasteiger partial charge in [-0.05, 0) is 36.7 Å². The second-order valence-electron chi connectivity index (χ2n) is 3.33. The van der Waals surface area contributed by atoms with Crippen molar-refractivity contribution in [2.45, 2.75) is 12.5 Å². The molecular weight excluding hydrogens is 185 g/mol.